The van der Waals surface area contributed by atoms with E-state index in [9.17, 15) is 9.59 Å². The number of para-hydroxylation sites is 2. The van der Waals surface area contributed by atoms with E-state index in [-0.39, 0.29) is 24.4 Å². The minimum absolute atomic E-state index is 0.0199. The normalized spacial score (nSPS) is 11.1. The minimum Gasteiger partial charge on any atom is -0.356 e. The maximum Gasteiger partial charge on any atom is 0.243 e. The van der Waals surface area contributed by atoms with Crippen molar-refractivity contribution < 1.29 is 9.59 Å². The van der Waals surface area contributed by atoms with E-state index < -0.39 is 0 Å². The number of aryl methyl sites for hydroxylation is 2. The van der Waals surface area contributed by atoms with Crippen LogP contribution in [0.2, 0.25) is 0 Å². The van der Waals surface area contributed by atoms with Crippen molar-refractivity contribution in [1.82, 2.24) is 19.8 Å². The van der Waals surface area contributed by atoms with Gasteiger partial charge in [-0.15, -0.1) is 0 Å². The van der Waals surface area contributed by atoms with Gasteiger partial charge in [-0.1, -0.05) is 66.7 Å². The van der Waals surface area contributed by atoms with Gasteiger partial charge in [0.25, 0.3) is 0 Å². The first-order valence-corrected chi connectivity index (χ1v) is 13.0. The summed E-state index contributed by atoms with van der Waals surface area (Å²) >= 11 is 0. The first-order valence-electron chi connectivity index (χ1n) is 13.0. The smallest absolute Gasteiger partial charge is 0.243 e. The molecule has 4 aromatic rings. The average molecular weight is 497 g/mol. The van der Waals surface area contributed by atoms with Crippen LogP contribution in [0.1, 0.15) is 42.8 Å². The molecule has 1 heterocycles. The first-order chi connectivity index (χ1) is 17.9. The van der Waals surface area contributed by atoms with E-state index in [1.54, 1.807) is 0 Å². The number of imidazole rings is 1. The van der Waals surface area contributed by atoms with Crippen molar-refractivity contribution in [2.45, 2.75) is 59.2 Å². The van der Waals surface area contributed by atoms with Crippen LogP contribution in [0.25, 0.3) is 11.0 Å². The Hall–Kier alpha value is -3.93. The highest BCUT2D eigenvalue weighted by Crippen LogP contribution is 2.19. The predicted molar refractivity (Wildman–Crippen MR) is 148 cm³/mol. The van der Waals surface area contributed by atoms with Crippen molar-refractivity contribution in [2.75, 3.05) is 6.54 Å². The van der Waals surface area contributed by atoms with Crippen molar-refractivity contribution in [3.05, 3.63) is 101 Å². The van der Waals surface area contributed by atoms with Crippen molar-refractivity contribution >= 4 is 22.8 Å². The molecule has 0 aliphatic carbocycles. The summed E-state index contributed by atoms with van der Waals surface area (Å²) in [6.07, 6.45) is 1.80. The molecule has 0 saturated heterocycles. The van der Waals surface area contributed by atoms with Crippen LogP contribution in [0.15, 0.2) is 78.9 Å². The highest BCUT2D eigenvalue weighted by atomic mass is 16.2. The minimum atomic E-state index is 0.0199. The summed E-state index contributed by atoms with van der Waals surface area (Å²) in [5.74, 6) is 0.951. The Bertz CT molecular complexity index is 1340. The molecular weight excluding hydrogens is 460 g/mol. The van der Waals surface area contributed by atoms with Crippen LogP contribution in [-0.2, 0) is 35.5 Å². The third-order valence-corrected chi connectivity index (χ3v) is 6.68. The largest absolute Gasteiger partial charge is 0.356 e. The molecule has 0 bridgehead atoms. The van der Waals surface area contributed by atoms with Gasteiger partial charge in [0.15, 0.2) is 0 Å². The molecule has 0 saturated carbocycles. The number of nitrogens with zero attached hydrogens (tertiary/aromatic N) is 3. The molecule has 2 amide bonds. The lowest BCUT2D eigenvalue weighted by molar-refractivity contribution is -0.134. The summed E-state index contributed by atoms with van der Waals surface area (Å²) < 4.78 is 2.03. The van der Waals surface area contributed by atoms with E-state index in [4.69, 9.17) is 4.98 Å². The maximum atomic E-state index is 13.5. The number of carbonyl (C=O) groups is 2. The Morgan fingerprint density at radius 3 is 2.41 bits per heavy atom. The Morgan fingerprint density at radius 2 is 1.65 bits per heavy atom. The molecule has 3 aromatic carbocycles. The number of carbonyl (C=O) groups excluding carboxylic acids is 2. The molecule has 6 heteroatoms. The second-order valence-electron chi connectivity index (χ2n) is 9.76. The molecule has 0 spiro atoms. The molecule has 0 radical (unpaired) electrons. The molecule has 0 fully saturated rings. The number of rotatable bonds is 11. The topological polar surface area (TPSA) is 67.2 Å². The lowest BCUT2D eigenvalue weighted by atomic mass is 10.1. The number of benzene rings is 3. The highest BCUT2D eigenvalue weighted by Gasteiger charge is 2.21. The van der Waals surface area contributed by atoms with Crippen LogP contribution in [0.4, 0.5) is 0 Å². The second kappa shape index (κ2) is 12.3. The molecule has 0 aliphatic heterocycles. The standard InChI is InChI=1S/C31H36N4O2/c1-23(2)34(21-25-13-5-4-6-14-25)31(37)22-35-28-17-10-9-16-27(28)33-29(35)18-11-19-32-30(36)20-26-15-8-7-12-24(26)3/h4-10,12-17,23H,11,18-22H2,1-3H3,(H,32,36). The van der Waals surface area contributed by atoms with Gasteiger partial charge in [-0.2, -0.15) is 0 Å². The summed E-state index contributed by atoms with van der Waals surface area (Å²) in [4.78, 5) is 32.7. The molecule has 0 unspecified atom stereocenters. The van der Waals surface area contributed by atoms with Crippen LogP contribution in [0.3, 0.4) is 0 Å². The number of fused-ring (bicyclic) bond motifs is 1. The zero-order valence-corrected chi connectivity index (χ0v) is 22.0. The van der Waals surface area contributed by atoms with E-state index >= 15 is 0 Å². The monoisotopic (exact) mass is 496 g/mol. The van der Waals surface area contributed by atoms with Gasteiger partial charge in [0.05, 0.1) is 17.5 Å². The van der Waals surface area contributed by atoms with Gasteiger partial charge in [-0.25, -0.2) is 4.98 Å². The van der Waals surface area contributed by atoms with Gasteiger partial charge in [0.2, 0.25) is 11.8 Å². The molecular formula is C31H36N4O2. The summed E-state index contributed by atoms with van der Waals surface area (Å²) in [6, 6.07) is 26.1. The molecule has 0 atom stereocenters. The number of aromatic nitrogens is 2. The maximum absolute atomic E-state index is 13.5. The number of hydrogen-bond donors (Lipinski definition) is 1. The van der Waals surface area contributed by atoms with Crippen LogP contribution in [0, 0.1) is 6.92 Å². The number of amides is 2. The fourth-order valence-corrected chi connectivity index (χ4v) is 4.58. The fourth-order valence-electron chi connectivity index (χ4n) is 4.58. The predicted octanol–water partition coefficient (Wildman–Crippen LogP) is 5.07. The quantitative estimate of drug-likeness (QED) is 0.295. The van der Waals surface area contributed by atoms with Gasteiger partial charge >= 0.3 is 0 Å². The zero-order valence-electron chi connectivity index (χ0n) is 22.0. The van der Waals surface area contributed by atoms with Crippen LogP contribution < -0.4 is 5.32 Å². The van der Waals surface area contributed by atoms with Gasteiger partial charge in [0, 0.05) is 25.6 Å². The Labute approximate surface area is 219 Å². The lowest BCUT2D eigenvalue weighted by Crippen LogP contribution is -2.38. The van der Waals surface area contributed by atoms with Crippen LogP contribution in [-0.4, -0.2) is 38.9 Å². The average Bonchev–Trinajstić information content (AvgIpc) is 3.24. The third-order valence-electron chi connectivity index (χ3n) is 6.68. The molecule has 1 N–H and O–H groups in total. The lowest BCUT2D eigenvalue weighted by Gasteiger charge is -2.27. The van der Waals surface area contributed by atoms with Crippen molar-refractivity contribution in [1.29, 1.82) is 0 Å². The second-order valence-corrected chi connectivity index (χ2v) is 9.76. The van der Waals surface area contributed by atoms with Gasteiger partial charge < -0.3 is 14.8 Å². The zero-order chi connectivity index (χ0) is 26.2. The molecule has 6 nitrogen and oxygen atoms in total. The molecule has 192 valence electrons. The van der Waals surface area contributed by atoms with Crippen LogP contribution in [0.5, 0.6) is 0 Å². The van der Waals surface area contributed by atoms with E-state index in [1.807, 2.05) is 109 Å². The highest BCUT2D eigenvalue weighted by molar-refractivity contribution is 5.81. The van der Waals surface area contributed by atoms with E-state index in [0.29, 0.717) is 25.9 Å². The van der Waals surface area contributed by atoms with E-state index in [2.05, 4.69) is 5.32 Å². The van der Waals surface area contributed by atoms with Crippen LogP contribution >= 0.6 is 0 Å². The Kier molecular flexibility index (Phi) is 8.72. The first kappa shape index (κ1) is 26.1. The van der Waals surface area contributed by atoms with Gasteiger partial charge in [0.1, 0.15) is 12.4 Å². The van der Waals surface area contributed by atoms with Gasteiger partial charge in [-0.3, -0.25) is 9.59 Å². The molecule has 4 rings (SSSR count). The summed E-state index contributed by atoms with van der Waals surface area (Å²) in [7, 11) is 0. The number of hydrogen-bond acceptors (Lipinski definition) is 3. The SMILES string of the molecule is Cc1ccccc1CC(=O)NCCCc1nc2ccccc2n1CC(=O)N(Cc1ccccc1)C(C)C. The summed E-state index contributed by atoms with van der Waals surface area (Å²) in [5, 5.41) is 3.03. The molecule has 37 heavy (non-hydrogen) atoms. The summed E-state index contributed by atoms with van der Waals surface area (Å²) in [5.41, 5.74) is 5.12. The van der Waals surface area contributed by atoms with Crippen molar-refractivity contribution in [3.63, 3.8) is 0 Å². The fraction of sp³-hybridized carbons (Fsp3) is 0.323. The van der Waals surface area contributed by atoms with E-state index in [0.717, 1.165) is 40.0 Å². The molecule has 1 aromatic heterocycles. The summed E-state index contributed by atoms with van der Waals surface area (Å²) in [6.45, 7) is 7.50. The Morgan fingerprint density at radius 1 is 0.946 bits per heavy atom. The third kappa shape index (κ3) is 6.85. The Balaban J connectivity index is 1.41. The number of nitrogens with one attached hydrogen (secondary N) is 1. The molecule has 0 aliphatic rings. The van der Waals surface area contributed by atoms with Crippen molar-refractivity contribution in [3.8, 4) is 0 Å². The van der Waals surface area contributed by atoms with Gasteiger partial charge in [-0.05, 0) is 56.0 Å². The van der Waals surface area contributed by atoms with Crippen molar-refractivity contribution in [2.24, 2.45) is 0 Å². The van der Waals surface area contributed by atoms with E-state index in [1.165, 1.54) is 0 Å².